The van der Waals surface area contributed by atoms with E-state index in [0.29, 0.717) is 12.4 Å². The molecule has 84 valence electrons. The third kappa shape index (κ3) is 2.40. The molecule has 2 N–H and O–H groups in total. The summed E-state index contributed by atoms with van der Waals surface area (Å²) in [6.07, 6.45) is 3.68. The summed E-state index contributed by atoms with van der Waals surface area (Å²) in [7, 11) is 0. The van der Waals surface area contributed by atoms with Gasteiger partial charge in [-0.2, -0.15) is 0 Å². The van der Waals surface area contributed by atoms with Crippen LogP contribution in [0.15, 0.2) is 24.4 Å². The summed E-state index contributed by atoms with van der Waals surface area (Å²) in [4.78, 5) is 4.22. The second kappa shape index (κ2) is 5.32. The van der Waals surface area contributed by atoms with Gasteiger partial charge in [-0.1, -0.05) is 6.07 Å². The Hall–Kier alpha value is -1.82. The molecule has 16 heavy (non-hydrogen) atoms. The van der Waals surface area contributed by atoms with E-state index in [2.05, 4.69) is 20.5 Å². The van der Waals surface area contributed by atoms with Crippen molar-refractivity contribution >= 4 is 0 Å². The monoisotopic (exact) mass is 218 g/mol. The van der Waals surface area contributed by atoms with E-state index in [9.17, 15) is 0 Å². The second-order valence-corrected chi connectivity index (χ2v) is 3.44. The van der Waals surface area contributed by atoms with Gasteiger partial charge in [0, 0.05) is 12.7 Å². The van der Waals surface area contributed by atoms with Crippen molar-refractivity contribution in [2.24, 2.45) is 5.73 Å². The topological polar surface area (TPSA) is 82.5 Å². The summed E-state index contributed by atoms with van der Waals surface area (Å²) in [5.41, 5.74) is 6.24. The Morgan fingerprint density at radius 2 is 2.19 bits per heavy atom. The Kier molecular flexibility index (Phi) is 3.55. The standard InChI is InChI=1S/C10H14N6/c11-6-2-4-8-16-10(13-14-15-16)9-5-1-3-7-12-9/h1,3,5,7H,2,4,6,8,11H2. The molecule has 2 heterocycles. The normalized spacial score (nSPS) is 10.6. The highest BCUT2D eigenvalue weighted by atomic mass is 15.5. The lowest BCUT2D eigenvalue weighted by atomic mass is 10.3. The fourth-order valence-corrected chi connectivity index (χ4v) is 1.44. The van der Waals surface area contributed by atoms with Gasteiger partial charge in [-0.3, -0.25) is 4.98 Å². The Morgan fingerprint density at radius 3 is 2.94 bits per heavy atom. The van der Waals surface area contributed by atoms with E-state index in [-0.39, 0.29) is 0 Å². The minimum atomic E-state index is 0.695. The number of unbranched alkanes of at least 4 members (excludes halogenated alkanes) is 1. The van der Waals surface area contributed by atoms with Gasteiger partial charge >= 0.3 is 0 Å². The Bertz CT molecular complexity index is 424. The molecule has 0 atom stereocenters. The number of rotatable bonds is 5. The average Bonchev–Trinajstić information content (AvgIpc) is 2.79. The molecule has 0 saturated heterocycles. The van der Waals surface area contributed by atoms with Crippen LogP contribution in [0.4, 0.5) is 0 Å². The third-order valence-corrected chi connectivity index (χ3v) is 2.25. The third-order valence-electron chi connectivity index (χ3n) is 2.25. The molecule has 2 aromatic rings. The first-order valence-corrected chi connectivity index (χ1v) is 5.29. The number of nitrogens with two attached hydrogens (primary N) is 1. The molecule has 2 aromatic heterocycles. The number of tetrazole rings is 1. The van der Waals surface area contributed by atoms with Gasteiger partial charge in [-0.05, 0) is 41.9 Å². The molecule has 0 amide bonds. The molecule has 0 spiro atoms. The SMILES string of the molecule is NCCCCn1nnnc1-c1ccccn1. The van der Waals surface area contributed by atoms with Crippen molar-refractivity contribution in [2.75, 3.05) is 6.54 Å². The zero-order chi connectivity index (χ0) is 11.2. The number of pyridine rings is 1. The molecule has 0 fully saturated rings. The van der Waals surface area contributed by atoms with Crippen LogP contribution in [0.25, 0.3) is 11.5 Å². The van der Waals surface area contributed by atoms with Crippen LogP contribution in [0.5, 0.6) is 0 Å². The Balaban J connectivity index is 2.13. The summed E-state index contributed by atoms with van der Waals surface area (Å²) in [5, 5.41) is 11.6. The van der Waals surface area contributed by atoms with Crippen molar-refractivity contribution in [3.63, 3.8) is 0 Å². The number of nitrogens with zero attached hydrogens (tertiary/aromatic N) is 5. The van der Waals surface area contributed by atoms with E-state index in [1.807, 2.05) is 18.2 Å². The maximum absolute atomic E-state index is 5.44. The van der Waals surface area contributed by atoms with Crippen molar-refractivity contribution in [1.82, 2.24) is 25.2 Å². The van der Waals surface area contributed by atoms with E-state index >= 15 is 0 Å². The molecule has 0 aromatic carbocycles. The van der Waals surface area contributed by atoms with Crippen LogP contribution in [-0.2, 0) is 6.54 Å². The average molecular weight is 218 g/mol. The molecule has 0 aliphatic carbocycles. The zero-order valence-electron chi connectivity index (χ0n) is 8.95. The fraction of sp³-hybridized carbons (Fsp3) is 0.400. The largest absolute Gasteiger partial charge is 0.330 e. The van der Waals surface area contributed by atoms with Crippen LogP contribution >= 0.6 is 0 Å². The van der Waals surface area contributed by atoms with E-state index in [1.165, 1.54) is 0 Å². The van der Waals surface area contributed by atoms with Gasteiger partial charge in [-0.25, -0.2) is 4.68 Å². The molecule has 0 radical (unpaired) electrons. The lowest BCUT2D eigenvalue weighted by Crippen LogP contribution is -2.06. The molecular weight excluding hydrogens is 204 g/mol. The van der Waals surface area contributed by atoms with Crippen molar-refractivity contribution in [3.8, 4) is 11.5 Å². The smallest absolute Gasteiger partial charge is 0.200 e. The predicted octanol–water partition coefficient (Wildman–Crippen LogP) is 0.474. The zero-order valence-corrected chi connectivity index (χ0v) is 8.95. The van der Waals surface area contributed by atoms with E-state index in [1.54, 1.807) is 10.9 Å². The molecule has 2 rings (SSSR count). The van der Waals surface area contributed by atoms with Gasteiger partial charge in [0.2, 0.25) is 5.82 Å². The number of hydrogen-bond acceptors (Lipinski definition) is 5. The van der Waals surface area contributed by atoms with Crippen molar-refractivity contribution in [1.29, 1.82) is 0 Å². The van der Waals surface area contributed by atoms with Gasteiger partial charge < -0.3 is 5.73 Å². The van der Waals surface area contributed by atoms with Crippen molar-refractivity contribution in [3.05, 3.63) is 24.4 Å². The maximum atomic E-state index is 5.44. The molecule has 0 saturated carbocycles. The van der Waals surface area contributed by atoms with E-state index in [4.69, 9.17) is 5.73 Å². The van der Waals surface area contributed by atoms with Crippen LogP contribution in [0.3, 0.4) is 0 Å². The van der Waals surface area contributed by atoms with Gasteiger partial charge in [0.05, 0.1) is 0 Å². The summed E-state index contributed by atoms with van der Waals surface area (Å²) in [5.74, 6) is 0.706. The highest BCUT2D eigenvalue weighted by Gasteiger charge is 2.08. The molecule has 6 nitrogen and oxygen atoms in total. The highest BCUT2D eigenvalue weighted by Crippen LogP contribution is 2.11. The van der Waals surface area contributed by atoms with Gasteiger partial charge in [0.25, 0.3) is 0 Å². The van der Waals surface area contributed by atoms with Crippen LogP contribution < -0.4 is 5.73 Å². The summed E-state index contributed by atoms with van der Waals surface area (Å²) < 4.78 is 1.76. The van der Waals surface area contributed by atoms with Gasteiger partial charge in [0.15, 0.2) is 0 Å². The lowest BCUT2D eigenvalue weighted by molar-refractivity contribution is 0.548. The molecule has 0 aliphatic heterocycles. The van der Waals surface area contributed by atoms with Gasteiger partial charge in [-0.15, -0.1) is 5.10 Å². The lowest BCUT2D eigenvalue weighted by Gasteiger charge is -2.02. The van der Waals surface area contributed by atoms with Crippen LogP contribution in [0, 0.1) is 0 Å². The molecule has 0 aliphatic rings. The molecule has 0 bridgehead atoms. The quantitative estimate of drug-likeness (QED) is 0.738. The Morgan fingerprint density at radius 1 is 1.25 bits per heavy atom. The molecular formula is C10H14N6. The highest BCUT2D eigenvalue weighted by molar-refractivity contribution is 5.47. The van der Waals surface area contributed by atoms with Crippen molar-refractivity contribution < 1.29 is 0 Å². The number of aromatic nitrogens is 5. The first-order valence-electron chi connectivity index (χ1n) is 5.29. The van der Waals surface area contributed by atoms with E-state index in [0.717, 1.165) is 25.1 Å². The van der Waals surface area contributed by atoms with Crippen LogP contribution in [0.1, 0.15) is 12.8 Å². The minimum Gasteiger partial charge on any atom is -0.330 e. The maximum Gasteiger partial charge on any atom is 0.200 e. The first kappa shape index (κ1) is 10.7. The minimum absolute atomic E-state index is 0.695. The Labute approximate surface area is 93.5 Å². The summed E-state index contributed by atoms with van der Waals surface area (Å²) in [6.45, 7) is 1.47. The van der Waals surface area contributed by atoms with Crippen LogP contribution in [0.2, 0.25) is 0 Å². The summed E-state index contributed by atoms with van der Waals surface area (Å²) >= 11 is 0. The second-order valence-electron chi connectivity index (χ2n) is 3.44. The first-order chi connectivity index (χ1) is 7.92. The summed E-state index contributed by atoms with van der Waals surface area (Å²) in [6, 6.07) is 5.68. The fourth-order valence-electron chi connectivity index (χ4n) is 1.44. The van der Waals surface area contributed by atoms with Crippen molar-refractivity contribution in [2.45, 2.75) is 19.4 Å². The number of hydrogen-bond donors (Lipinski definition) is 1. The van der Waals surface area contributed by atoms with E-state index < -0.39 is 0 Å². The molecule has 0 unspecified atom stereocenters. The number of aryl methyl sites for hydroxylation is 1. The van der Waals surface area contributed by atoms with Gasteiger partial charge in [0.1, 0.15) is 5.69 Å². The molecule has 6 heteroatoms. The predicted molar refractivity (Wildman–Crippen MR) is 59.3 cm³/mol. The van der Waals surface area contributed by atoms with Crippen LogP contribution in [-0.4, -0.2) is 31.7 Å².